The minimum Gasteiger partial charge on any atom is -0.493 e. The molecule has 0 unspecified atom stereocenters. The number of halogens is 3. The van der Waals surface area contributed by atoms with Crippen molar-refractivity contribution in [1.29, 1.82) is 0 Å². The van der Waals surface area contributed by atoms with E-state index >= 15 is 0 Å². The van der Waals surface area contributed by atoms with E-state index in [0.29, 0.717) is 0 Å². The zero-order valence-corrected chi connectivity index (χ0v) is 28.1. The highest BCUT2D eigenvalue weighted by atomic mass is 79.9. The molecule has 220 valence electrons. The second kappa shape index (κ2) is 20.2. The Morgan fingerprint density at radius 2 is 1.28 bits per heavy atom. The number of benzene rings is 2. The van der Waals surface area contributed by atoms with Crippen molar-refractivity contribution in [2.75, 3.05) is 51.3 Å². The van der Waals surface area contributed by atoms with Gasteiger partial charge in [0.05, 0.1) is 25.4 Å². The van der Waals surface area contributed by atoms with E-state index in [4.69, 9.17) is 14.6 Å². The van der Waals surface area contributed by atoms with E-state index in [1.54, 1.807) is 0 Å². The maximum Gasteiger partial charge on any atom is 0.123 e. The van der Waals surface area contributed by atoms with Crippen LogP contribution in [0.4, 0.5) is 0 Å². The summed E-state index contributed by atoms with van der Waals surface area (Å²) < 4.78 is 13.6. The lowest BCUT2D eigenvalue weighted by Gasteiger charge is -2.29. The number of aliphatic hydroxyl groups excluding tert-OH is 2. The zero-order valence-electron chi connectivity index (χ0n) is 23.3. The highest BCUT2D eigenvalue weighted by molar-refractivity contribution is 9.11. The van der Waals surface area contributed by atoms with Crippen LogP contribution in [0.5, 0.6) is 11.5 Å². The summed E-state index contributed by atoms with van der Waals surface area (Å²) in [6.45, 7) is 10.7. The Bertz CT molecular complexity index is 936. The van der Waals surface area contributed by atoms with Crippen LogP contribution in [0.25, 0.3) is 0 Å². The number of hydrogen-bond donors (Lipinski definition) is 3. The van der Waals surface area contributed by atoms with Crippen LogP contribution in [-0.2, 0) is 0 Å². The summed E-state index contributed by atoms with van der Waals surface area (Å²) in [7, 11) is 0. The van der Waals surface area contributed by atoms with Crippen molar-refractivity contribution < 1.29 is 19.7 Å². The molecule has 2 aliphatic rings. The van der Waals surface area contributed by atoms with Crippen molar-refractivity contribution in [3.05, 3.63) is 56.5 Å². The number of likely N-dealkylation sites (tertiary alicyclic amines) is 1. The van der Waals surface area contributed by atoms with Crippen LogP contribution < -0.4 is 14.8 Å². The number of alkyl halides is 1. The molecule has 2 aromatic rings. The van der Waals surface area contributed by atoms with E-state index in [0.717, 1.165) is 121 Å². The van der Waals surface area contributed by atoms with Gasteiger partial charge in [-0.3, -0.25) is 0 Å². The topological polar surface area (TPSA) is 74.2 Å². The highest BCUT2D eigenvalue weighted by Crippen LogP contribution is 2.26. The molecule has 0 radical (unpaired) electrons. The smallest absolute Gasteiger partial charge is 0.123 e. The van der Waals surface area contributed by atoms with Gasteiger partial charge in [-0.15, -0.1) is 0 Å². The molecule has 6 nitrogen and oxygen atoms in total. The van der Waals surface area contributed by atoms with Crippen LogP contribution in [0.15, 0.2) is 45.3 Å². The fourth-order valence-electron chi connectivity index (χ4n) is 4.14. The number of aliphatic hydroxyl groups is 2. The van der Waals surface area contributed by atoms with Gasteiger partial charge in [-0.25, -0.2) is 0 Å². The first-order valence-corrected chi connectivity index (χ1v) is 16.6. The predicted molar refractivity (Wildman–Crippen MR) is 172 cm³/mol. The van der Waals surface area contributed by atoms with E-state index in [2.05, 4.69) is 64.9 Å². The molecular weight excluding hydrogens is 692 g/mol. The molecule has 39 heavy (non-hydrogen) atoms. The summed E-state index contributed by atoms with van der Waals surface area (Å²) >= 11 is 10.3. The number of piperidine rings is 2. The van der Waals surface area contributed by atoms with Gasteiger partial charge in [0.1, 0.15) is 11.5 Å². The van der Waals surface area contributed by atoms with Crippen LogP contribution >= 0.6 is 47.8 Å². The molecule has 0 bridgehead atoms. The Morgan fingerprint density at radius 3 is 1.74 bits per heavy atom. The highest BCUT2D eigenvalue weighted by Gasteiger charge is 2.16. The third-order valence-electron chi connectivity index (χ3n) is 6.71. The van der Waals surface area contributed by atoms with Gasteiger partial charge in [0, 0.05) is 45.0 Å². The molecular formula is C30H45Br3N2O4. The van der Waals surface area contributed by atoms with Gasteiger partial charge < -0.3 is 29.9 Å². The largest absolute Gasteiger partial charge is 0.493 e. The van der Waals surface area contributed by atoms with Gasteiger partial charge in [0.15, 0.2) is 0 Å². The zero-order chi connectivity index (χ0) is 28.5. The normalized spacial score (nSPS) is 16.5. The summed E-state index contributed by atoms with van der Waals surface area (Å²) in [6.07, 6.45) is 5.63. The first-order chi connectivity index (χ1) is 18.8. The van der Waals surface area contributed by atoms with Crippen molar-refractivity contribution in [1.82, 2.24) is 10.2 Å². The van der Waals surface area contributed by atoms with Gasteiger partial charge in [-0.2, -0.15) is 0 Å². The van der Waals surface area contributed by atoms with E-state index < -0.39 is 0 Å². The van der Waals surface area contributed by atoms with Gasteiger partial charge in [0.2, 0.25) is 0 Å². The van der Waals surface area contributed by atoms with Crippen LogP contribution in [0.1, 0.15) is 49.7 Å². The summed E-state index contributed by atoms with van der Waals surface area (Å²) in [5.41, 5.74) is 2.32. The van der Waals surface area contributed by atoms with Crippen molar-refractivity contribution in [2.24, 2.45) is 0 Å². The average Bonchev–Trinajstić information content (AvgIpc) is 2.93. The van der Waals surface area contributed by atoms with Crippen LogP contribution in [0.2, 0.25) is 0 Å². The Balaban J connectivity index is 0.000000229. The van der Waals surface area contributed by atoms with Crippen molar-refractivity contribution in [2.45, 2.75) is 64.6 Å². The number of nitrogens with zero attached hydrogens (tertiary/aromatic N) is 1. The summed E-state index contributed by atoms with van der Waals surface area (Å²) in [6, 6.07) is 12.0. The summed E-state index contributed by atoms with van der Waals surface area (Å²) in [4.78, 5) is 2.41. The lowest BCUT2D eigenvalue weighted by Crippen LogP contribution is -2.36. The second-order valence-corrected chi connectivity index (χ2v) is 12.4. The monoisotopic (exact) mass is 734 g/mol. The molecule has 4 rings (SSSR count). The van der Waals surface area contributed by atoms with Crippen LogP contribution in [0, 0.1) is 13.8 Å². The molecule has 2 heterocycles. The first-order valence-electron chi connectivity index (χ1n) is 13.9. The third kappa shape index (κ3) is 14.2. The Labute approximate surface area is 260 Å². The minimum absolute atomic E-state index is 0.0266. The molecule has 0 spiro atoms. The minimum atomic E-state index is -0.0863. The van der Waals surface area contributed by atoms with Crippen molar-refractivity contribution >= 4 is 47.8 Å². The van der Waals surface area contributed by atoms with E-state index in [-0.39, 0.29) is 12.2 Å². The quantitative estimate of drug-likeness (QED) is 0.198. The standard InChI is InChI=1S/C15H22BrNO2.C10H12Br2O.C5H11NO/c1-12-14(16)4-2-5-15(12)19-11-3-8-17-9-6-13(18)7-10-17;1-8-9(12)4-2-5-10(8)13-7-3-6-11;7-5-1-3-6-4-2-5/h2,4-5,13,18H,3,6-11H2,1H3;2,4-5H,3,6-7H2,1H3;5-7H,1-4H2. The molecule has 0 aliphatic carbocycles. The second-order valence-electron chi connectivity index (χ2n) is 9.87. The predicted octanol–water partition coefficient (Wildman–Crippen LogP) is 6.64. The summed E-state index contributed by atoms with van der Waals surface area (Å²) in [5, 5.41) is 22.5. The van der Waals surface area contributed by atoms with E-state index in [1.165, 1.54) is 0 Å². The molecule has 2 aliphatic heterocycles. The average molecular weight is 737 g/mol. The molecule has 2 saturated heterocycles. The van der Waals surface area contributed by atoms with Crippen LogP contribution in [-0.4, -0.2) is 78.6 Å². The summed E-state index contributed by atoms with van der Waals surface area (Å²) in [5.74, 6) is 1.93. The van der Waals surface area contributed by atoms with Gasteiger partial charge in [-0.05, 0) is 89.7 Å². The van der Waals surface area contributed by atoms with Crippen molar-refractivity contribution in [3.8, 4) is 11.5 Å². The molecule has 0 aromatic heterocycles. The van der Waals surface area contributed by atoms with E-state index in [9.17, 15) is 5.11 Å². The van der Waals surface area contributed by atoms with Gasteiger partial charge in [-0.1, -0.05) is 59.9 Å². The maximum absolute atomic E-state index is 9.45. The van der Waals surface area contributed by atoms with Crippen LogP contribution in [0.3, 0.4) is 0 Å². The lowest BCUT2D eigenvalue weighted by atomic mass is 10.1. The first kappa shape index (κ1) is 34.5. The molecule has 2 fully saturated rings. The fraction of sp³-hybridized carbons (Fsp3) is 0.600. The number of ether oxygens (including phenoxy) is 2. The molecule has 2 aromatic carbocycles. The van der Waals surface area contributed by atoms with Gasteiger partial charge >= 0.3 is 0 Å². The Hall–Kier alpha value is -0.680. The molecule has 3 N–H and O–H groups in total. The molecule has 0 saturated carbocycles. The lowest BCUT2D eigenvalue weighted by molar-refractivity contribution is 0.0800. The van der Waals surface area contributed by atoms with E-state index in [1.807, 2.05) is 43.3 Å². The van der Waals surface area contributed by atoms with Gasteiger partial charge in [0.25, 0.3) is 0 Å². The molecule has 0 atom stereocenters. The molecule has 9 heteroatoms. The number of hydrogen-bond acceptors (Lipinski definition) is 6. The number of rotatable bonds is 9. The third-order valence-corrected chi connectivity index (χ3v) is 8.99. The Morgan fingerprint density at radius 1 is 0.795 bits per heavy atom. The van der Waals surface area contributed by atoms with Crippen molar-refractivity contribution in [3.63, 3.8) is 0 Å². The fourth-order valence-corrected chi connectivity index (χ4v) is 5.07. The molecule has 0 amide bonds. The number of nitrogens with one attached hydrogen (secondary N) is 1. The SMILES string of the molecule is Cc1c(Br)cccc1OCCCBr.Cc1c(Br)cccc1OCCCN1CCC(O)CC1.OC1CCNCC1. The Kier molecular flexibility index (Phi) is 17.9. The maximum atomic E-state index is 9.45.